The molecule has 2 atom stereocenters. The van der Waals surface area contributed by atoms with Crippen molar-refractivity contribution in [3.05, 3.63) is 24.3 Å². The number of ether oxygens (including phenoxy) is 1. The number of carbonyl (C=O) groups is 4. The molecule has 0 rings (SSSR count). The Hall–Kier alpha value is -2.68. The smallest absolute Gasteiger partial charge is 0.328 e. The zero-order valence-corrected chi connectivity index (χ0v) is 29.1. The molecule has 0 saturated carbocycles. The summed E-state index contributed by atoms with van der Waals surface area (Å²) < 4.78 is 5.87. The van der Waals surface area contributed by atoms with Crippen molar-refractivity contribution in [2.24, 2.45) is 0 Å². The Morgan fingerprint density at radius 3 is 1.76 bits per heavy atom. The van der Waals surface area contributed by atoms with E-state index in [0.717, 1.165) is 77.0 Å². The molecule has 0 aliphatic carbocycles. The Balaban J connectivity index is 4.08. The number of amides is 2. The summed E-state index contributed by atoms with van der Waals surface area (Å²) >= 11 is 0. The van der Waals surface area contributed by atoms with Gasteiger partial charge in [-0.15, -0.1) is 0 Å². The van der Waals surface area contributed by atoms with Gasteiger partial charge in [0.15, 0.2) is 0 Å². The van der Waals surface area contributed by atoms with E-state index in [1.54, 1.807) is 0 Å². The molecule has 0 fully saturated rings. The minimum absolute atomic E-state index is 0.0849. The van der Waals surface area contributed by atoms with E-state index in [1.165, 1.54) is 51.4 Å². The van der Waals surface area contributed by atoms with Crippen LogP contribution in [-0.4, -0.2) is 59.3 Å². The van der Waals surface area contributed by atoms with Gasteiger partial charge in [0.25, 0.3) is 0 Å². The third-order valence-electron chi connectivity index (χ3n) is 7.95. The second kappa shape index (κ2) is 32.3. The van der Waals surface area contributed by atoms with Crippen LogP contribution in [0.2, 0.25) is 0 Å². The molecule has 0 bridgehead atoms. The molecule has 0 aromatic carbocycles. The quantitative estimate of drug-likeness (QED) is 0.0332. The molecule has 0 aromatic heterocycles. The number of aliphatic hydroxyl groups is 1. The molecule has 0 aliphatic rings. The van der Waals surface area contributed by atoms with Gasteiger partial charge in [-0.3, -0.25) is 14.4 Å². The van der Waals surface area contributed by atoms with Crippen molar-refractivity contribution < 1.29 is 34.1 Å². The summed E-state index contributed by atoms with van der Waals surface area (Å²) in [5.41, 5.74) is 0. The van der Waals surface area contributed by atoms with Gasteiger partial charge in [-0.25, -0.2) is 4.79 Å². The predicted molar refractivity (Wildman–Crippen MR) is 185 cm³/mol. The Labute approximate surface area is 279 Å². The molecule has 0 heterocycles. The van der Waals surface area contributed by atoms with Crippen LogP contribution < -0.4 is 10.6 Å². The van der Waals surface area contributed by atoms with E-state index in [-0.39, 0.29) is 30.9 Å². The molecule has 4 N–H and O–H groups in total. The monoisotopic (exact) mass is 650 g/mol. The third-order valence-corrected chi connectivity index (χ3v) is 7.95. The van der Waals surface area contributed by atoms with Crippen molar-refractivity contribution in [2.75, 3.05) is 13.2 Å². The van der Waals surface area contributed by atoms with Crippen molar-refractivity contribution in [1.29, 1.82) is 0 Å². The number of aliphatic hydroxyl groups excluding tert-OH is 1. The molecule has 0 saturated heterocycles. The maximum Gasteiger partial charge on any atom is 0.328 e. The first-order valence-corrected chi connectivity index (χ1v) is 18.2. The number of carboxylic acids is 1. The molecule has 9 nitrogen and oxygen atoms in total. The molecule has 0 spiro atoms. The summed E-state index contributed by atoms with van der Waals surface area (Å²) in [6.07, 6.45) is 32.3. The molecule has 2 unspecified atom stereocenters. The first kappa shape index (κ1) is 43.3. The Morgan fingerprint density at radius 2 is 1.17 bits per heavy atom. The van der Waals surface area contributed by atoms with Crippen LogP contribution in [0.3, 0.4) is 0 Å². The lowest BCUT2D eigenvalue weighted by Gasteiger charge is -2.18. The fourth-order valence-electron chi connectivity index (χ4n) is 5.10. The van der Waals surface area contributed by atoms with E-state index < -0.39 is 24.5 Å². The van der Waals surface area contributed by atoms with E-state index in [2.05, 4.69) is 48.8 Å². The number of allylic oxidation sites excluding steroid dienone is 4. The van der Waals surface area contributed by atoms with Crippen LogP contribution in [0.15, 0.2) is 24.3 Å². The third kappa shape index (κ3) is 28.8. The van der Waals surface area contributed by atoms with E-state index >= 15 is 0 Å². The summed E-state index contributed by atoms with van der Waals surface area (Å²) in [7, 11) is 0. The van der Waals surface area contributed by atoms with Crippen LogP contribution in [0.1, 0.15) is 162 Å². The van der Waals surface area contributed by atoms with Crippen LogP contribution in [0.25, 0.3) is 0 Å². The zero-order chi connectivity index (χ0) is 34.1. The first-order chi connectivity index (χ1) is 22.3. The fourth-order valence-corrected chi connectivity index (χ4v) is 5.10. The number of unbranched alkanes of at least 4 members (excludes halogenated alkanes) is 14. The number of hydrogen-bond donors (Lipinski definition) is 4. The SMILES string of the molecule is CCCCCC/C=C\C/C=C\CCCCCCCC(=O)OC(CCCCCC)CCCCCC(=O)NCC(=O)NC(CO)C(=O)O. The van der Waals surface area contributed by atoms with Gasteiger partial charge >= 0.3 is 11.9 Å². The second-order valence-corrected chi connectivity index (χ2v) is 12.3. The summed E-state index contributed by atoms with van der Waals surface area (Å²) in [4.78, 5) is 47.2. The normalized spacial score (nSPS) is 12.8. The lowest BCUT2D eigenvalue weighted by Crippen LogP contribution is -2.47. The van der Waals surface area contributed by atoms with Gasteiger partial charge in [-0.05, 0) is 70.6 Å². The first-order valence-electron chi connectivity index (χ1n) is 18.2. The Bertz CT molecular complexity index is 844. The van der Waals surface area contributed by atoms with Crippen molar-refractivity contribution in [3.8, 4) is 0 Å². The van der Waals surface area contributed by atoms with Crippen LogP contribution >= 0.6 is 0 Å². The minimum Gasteiger partial charge on any atom is -0.480 e. The molecule has 46 heavy (non-hydrogen) atoms. The fraction of sp³-hybridized carbons (Fsp3) is 0.784. The van der Waals surface area contributed by atoms with Crippen LogP contribution in [0.5, 0.6) is 0 Å². The van der Waals surface area contributed by atoms with Crippen molar-refractivity contribution in [3.63, 3.8) is 0 Å². The molecule has 9 heteroatoms. The summed E-state index contributed by atoms with van der Waals surface area (Å²) in [6, 6.07) is -1.39. The van der Waals surface area contributed by atoms with Gasteiger partial charge in [0, 0.05) is 12.8 Å². The number of aliphatic carboxylic acids is 1. The summed E-state index contributed by atoms with van der Waals surface area (Å²) in [5, 5.41) is 22.4. The van der Waals surface area contributed by atoms with E-state index in [1.807, 2.05) is 0 Å². The van der Waals surface area contributed by atoms with E-state index in [0.29, 0.717) is 12.8 Å². The van der Waals surface area contributed by atoms with Gasteiger partial charge in [0.1, 0.15) is 12.1 Å². The molecule has 0 radical (unpaired) electrons. The van der Waals surface area contributed by atoms with Crippen LogP contribution in [0.4, 0.5) is 0 Å². The molecule has 2 amide bonds. The number of nitrogens with one attached hydrogen (secondary N) is 2. The highest BCUT2D eigenvalue weighted by molar-refractivity contribution is 5.87. The highest BCUT2D eigenvalue weighted by Gasteiger charge is 2.19. The molecule has 0 aromatic rings. The zero-order valence-electron chi connectivity index (χ0n) is 29.1. The van der Waals surface area contributed by atoms with Gasteiger partial charge in [-0.2, -0.15) is 0 Å². The highest BCUT2D eigenvalue weighted by atomic mass is 16.5. The molecule has 0 aliphatic heterocycles. The topological polar surface area (TPSA) is 142 Å². The van der Waals surface area contributed by atoms with E-state index in [4.69, 9.17) is 14.9 Å². The summed E-state index contributed by atoms with van der Waals surface area (Å²) in [5.74, 6) is -2.40. The van der Waals surface area contributed by atoms with E-state index in [9.17, 15) is 19.2 Å². The number of rotatable bonds is 32. The maximum atomic E-state index is 12.5. The number of carbonyl (C=O) groups excluding carboxylic acids is 3. The summed E-state index contributed by atoms with van der Waals surface area (Å²) in [6.45, 7) is 3.35. The lowest BCUT2D eigenvalue weighted by atomic mass is 10.0. The van der Waals surface area contributed by atoms with Gasteiger partial charge in [0.05, 0.1) is 13.2 Å². The Morgan fingerprint density at radius 1 is 0.652 bits per heavy atom. The van der Waals surface area contributed by atoms with Crippen LogP contribution in [-0.2, 0) is 23.9 Å². The van der Waals surface area contributed by atoms with Crippen LogP contribution in [0, 0.1) is 0 Å². The van der Waals surface area contributed by atoms with Crippen molar-refractivity contribution >= 4 is 23.8 Å². The molecular weight excluding hydrogens is 584 g/mol. The van der Waals surface area contributed by atoms with Gasteiger partial charge in [0.2, 0.25) is 11.8 Å². The minimum atomic E-state index is -1.39. The number of hydrogen-bond acceptors (Lipinski definition) is 6. The van der Waals surface area contributed by atoms with Crippen molar-refractivity contribution in [1.82, 2.24) is 10.6 Å². The largest absolute Gasteiger partial charge is 0.480 e. The Kier molecular flexibility index (Phi) is 30.4. The molecular formula is C37H66N2O7. The number of esters is 1. The predicted octanol–water partition coefficient (Wildman–Crippen LogP) is 7.70. The number of carboxylic acid groups (broad SMARTS) is 1. The molecule has 266 valence electrons. The second-order valence-electron chi connectivity index (χ2n) is 12.3. The lowest BCUT2D eigenvalue weighted by molar-refractivity contribution is -0.150. The van der Waals surface area contributed by atoms with Gasteiger partial charge < -0.3 is 25.6 Å². The van der Waals surface area contributed by atoms with Gasteiger partial charge in [-0.1, -0.05) is 102 Å². The average molecular weight is 651 g/mol. The van der Waals surface area contributed by atoms with Crippen molar-refractivity contribution in [2.45, 2.75) is 174 Å². The standard InChI is InChI=1S/C37H66N2O7/c1-3-5-7-9-10-11-12-13-14-15-16-17-18-19-20-25-29-36(43)46-32(26-22-8-6-4-2)27-23-21-24-28-34(41)38-30-35(42)39-33(31-40)37(44)45/h11-12,14-15,32-33,40H,3-10,13,16-31H2,1-2H3,(H,38,41)(H,39,42)(H,44,45)/b12-11-,15-14-. The highest BCUT2D eigenvalue weighted by Crippen LogP contribution is 2.17. The average Bonchev–Trinajstić information content (AvgIpc) is 3.03. The maximum absolute atomic E-state index is 12.5.